The molecule has 0 aliphatic rings. The minimum absolute atomic E-state index is 0.0617. The Hall–Kier alpha value is -2.19. The number of alkyl halides is 3. The Labute approximate surface area is 106 Å². The van der Waals surface area contributed by atoms with E-state index in [0.29, 0.717) is 10.7 Å². The second-order valence-electron chi connectivity index (χ2n) is 3.81. The summed E-state index contributed by atoms with van der Waals surface area (Å²) >= 11 is 0. The second-order valence-corrected chi connectivity index (χ2v) is 3.81. The molecule has 102 valence electrons. The van der Waals surface area contributed by atoms with Gasteiger partial charge in [-0.1, -0.05) is 6.07 Å². The number of hydrogen-bond acceptors (Lipinski definition) is 5. The lowest BCUT2D eigenvalue weighted by molar-refractivity contribution is -0.145. The summed E-state index contributed by atoms with van der Waals surface area (Å²) < 4.78 is 41.4. The summed E-state index contributed by atoms with van der Waals surface area (Å²) in [6.07, 6.45) is -2.76. The van der Waals surface area contributed by atoms with Crippen molar-refractivity contribution in [2.75, 3.05) is 0 Å². The van der Waals surface area contributed by atoms with Crippen molar-refractivity contribution in [1.29, 1.82) is 0 Å². The lowest BCUT2D eigenvalue weighted by atomic mass is 10.3. The predicted molar refractivity (Wildman–Crippen MR) is 57.2 cm³/mol. The summed E-state index contributed by atoms with van der Waals surface area (Å²) in [5.74, 6) is 0.407. The quantitative estimate of drug-likeness (QED) is 0.845. The Bertz CT molecular complexity index is 537. The van der Waals surface area contributed by atoms with E-state index in [0.717, 1.165) is 5.56 Å². The van der Waals surface area contributed by atoms with Gasteiger partial charge in [0.1, 0.15) is 0 Å². The van der Waals surface area contributed by atoms with Crippen LogP contribution in [0, 0.1) is 6.92 Å². The van der Waals surface area contributed by atoms with Crippen molar-refractivity contribution < 1.29 is 17.9 Å². The monoisotopic (exact) mass is 273 g/mol. The van der Waals surface area contributed by atoms with Crippen LogP contribution in [0.3, 0.4) is 0 Å². The van der Waals surface area contributed by atoms with E-state index in [1.165, 1.54) is 0 Å². The maximum atomic E-state index is 12.1. The van der Waals surface area contributed by atoms with E-state index in [1.54, 1.807) is 18.3 Å². The van der Waals surface area contributed by atoms with E-state index < -0.39 is 12.7 Å². The van der Waals surface area contributed by atoms with E-state index in [2.05, 4.69) is 20.4 Å². The molecule has 19 heavy (non-hydrogen) atoms. The normalized spacial score (nSPS) is 11.6. The largest absolute Gasteiger partial charge is 0.469 e. The van der Waals surface area contributed by atoms with Crippen molar-refractivity contribution in [1.82, 2.24) is 25.2 Å². The molecule has 0 unspecified atom stereocenters. The van der Waals surface area contributed by atoms with Crippen LogP contribution in [0.1, 0.15) is 11.4 Å². The molecule has 0 saturated carbocycles. The highest BCUT2D eigenvalue weighted by molar-refractivity contribution is 5.16. The summed E-state index contributed by atoms with van der Waals surface area (Å²) in [6.45, 7) is 0.512. The van der Waals surface area contributed by atoms with E-state index in [4.69, 9.17) is 4.74 Å². The molecule has 9 heteroatoms. The molecule has 0 saturated heterocycles. The summed E-state index contributed by atoms with van der Waals surface area (Å²) in [6, 6.07) is 3.45. The highest BCUT2D eigenvalue weighted by Crippen LogP contribution is 2.16. The van der Waals surface area contributed by atoms with Gasteiger partial charge < -0.3 is 4.74 Å². The number of aromatic nitrogens is 5. The Balaban J connectivity index is 1.91. The first kappa shape index (κ1) is 13.2. The van der Waals surface area contributed by atoms with Crippen molar-refractivity contribution in [3.05, 3.63) is 29.7 Å². The molecular weight excluding hydrogens is 263 g/mol. The van der Waals surface area contributed by atoms with E-state index >= 15 is 0 Å². The molecule has 2 heterocycles. The van der Waals surface area contributed by atoms with E-state index in [-0.39, 0.29) is 12.4 Å². The first-order valence-corrected chi connectivity index (χ1v) is 5.31. The van der Waals surface area contributed by atoms with Crippen LogP contribution in [-0.2, 0) is 13.2 Å². The molecule has 0 bridgehead atoms. The van der Waals surface area contributed by atoms with Gasteiger partial charge in [-0.15, -0.1) is 10.2 Å². The average molecular weight is 273 g/mol. The van der Waals surface area contributed by atoms with Gasteiger partial charge in [0.2, 0.25) is 11.7 Å². The molecule has 0 aliphatic heterocycles. The molecular formula is C10H10F3N5O. The minimum atomic E-state index is -4.38. The molecule has 2 aromatic rings. The van der Waals surface area contributed by atoms with Crippen LogP contribution in [0.5, 0.6) is 5.88 Å². The fourth-order valence-electron chi connectivity index (χ4n) is 1.24. The van der Waals surface area contributed by atoms with Gasteiger partial charge in [-0.05, 0) is 17.7 Å². The Morgan fingerprint density at radius 2 is 2.11 bits per heavy atom. The molecule has 0 aliphatic carbocycles. The molecule has 0 N–H and O–H groups in total. The molecule has 2 aromatic heterocycles. The number of halogens is 3. The number of pyridine rings is 1. The summed E-state index contributed by atoms with van der Waals surface area (Å²) in [4.78, 5) is 4.45. The Kier molecular flexibility index (Phi) is 3.63. The van der Waals surface area contributed by atoms with E-state index in [1.807, 2.05) is 6.92 Å². The van der Waals surface area contributed by atoms with Crippen molar-refractivity contribution in [3.8, 4) is 5.88 Å². The van der Waals surface area contributed by atoms with Gasteiger partial charge in [-0.25, -0.2) is 4.98 Å². The lowest BCUT2D eigenvalue weighted by Crippen LogP contribution is -2.19. The first-order chi connectivity index (χ1) is 8.92. The third-order valence-corrected chi connectivity index (χ3v) is 2.05. The maximum Gasteiger partial charge on any atom is 0.409 e. The molecule has 0 amide bonds. The molecule has 2 rings (SSSR count). The highest BCUT2D eigenvalue weighted by atomic mass is 19.4. The van der Waals surface area contributed by atoms with Crippen LogP contribution in [0.15, 0.2) is 18.3 Å². The summed E-state index contributed by atoms with van der Waals surface area (Å²) in [5.41, 5.74) is 0.974. The lowest BCUT2D eigenvalue weighted by Gasteiger charge is -2.03. The number of nitrogens with zero attached hydrogens (tertiary/aromatic N) is 5. The number of tetrazole rings is 1. The second kappa shape index (κ2) is 5.21. The first-order valence-electron chi connectivity index (χ1n) is 5.31. The Morgan fingerprint density at radius 3 is 2.74 bits per heavy atom. The van der Waals surface area contributed by atoms with Gasteiger partial charge in [-0.2, -0.15) is 18.0 Å². The third-order valence-electron chi connectivity index (χ3n) is 2.05. The summed E-state index contributed by atoms with van der Waals surface area (Å²) in [5, 5.41) is 10.3. The zero-order valence-electron chi connectivity index (χ0n) is 9.92. The van der Waals surface area contributed by atoms with Gasteiger partial charge in [0, 0.05) is 12.3 Å². The topological polar surface area (TPSA) is 65.7 Å². The molecule has 0 spiro atoms. The van der Waals surface area contributed by atoms with Crippen LogP contribution in [-0.4, -0.2) is 31.4 Å². The molecule has 0 atom stereocenters. The van der Waals surface area contributed by atoms with Crippen molar-refractivity contribution in [2.45, 2.75) is 26.3 Å². The highest BCUT2D eigenvalue weighted by Gasteiger charge is 2.29. The number of ether oxygens (including phenoxy) is 1. The minimum Gasteiger partial charge on any atom is -0.469 e. The van der Waals surface area contributed by atoms with Crippen molar-refractivity contribution >= 4 is 0 Å². The SMILES string of the molecule is Cc1ccc(OCc2nnn(CC(F)(F)F)n2)nc1. The smallest absolute Gasteiger partial charge is 0.409 e. The standard InChI is InChI=1S/C10H10F3N5O/c1-7-2-3-9(14-4-7)19-5-8-15-17-18(16-8)6-10(11,12)13/h2-4H,5-6H2,1H3. The molecule has 0 radical (unpaired) electrons. The zero-order chi connectivity index (χ0) is 13.9. The number of rotatable bonds is 4. The van der Waals surface area contributed by atoms with Gasteiger partial charge in [-0.3, -0.25) is 0 Å². The Morgan fingerprint density at radius 1 is 1.32 bits per heavy atom. The van der Waals surface area contributed by atoms with Crippen LogP contribution >= 0.6 is 0 Å². The fraction of sp³-hybridized carbons (Fsp3) is 0.400. The van der Waals surface area contributed by atoms with E-state index in [9.17, 15) is 13.2 Å². The van der Waals surface area contributed by atoms with Crippen LogP contribution < -0.4 is 4.74 Å². The number of hydrogen-bond donors (Lipinski definition) is 0. The number of aryl methyl sites for hydroxylation is 1. The summed E-state index contributed by atoms with van der Waals surface area (Å²) in [7, 11) is 0. The molecule has 6 nitrogen and oxygen atoms in total. The van der Waals surface area contributed by atoms with Gasteiger partial charge in [0.15, 0.2) is 13.2 Å². The van der Waals surface area contributed by atoms with Gasteiger partial charge in [0.05, 0.1) is 0 Å². The maximum absolute atomic E-state index is 12.1. The fourth-order valence-corrected chi connectivity index (χ4v) is 1.24. The van der Waals surface area contributed by atoms with Crippen molar-refractivity contribution in [2.24, 2.45) is 0 Å². The van der Waals surface area contributed by atoms with Crippen molar-refractivity contribution in [3.63, 3.8) is 0 Å². The molecule has 0 fully saturated rings. The van der Waals surface area contributed by atoms with Gasteiger partial charge in [0.25, 0.3) is 0 Å². The van der Waals surface area contributed by atoms with Crippen LogP contribution in [0.25, 0.3) is 0 Å². The third kappa shape index (κ3) is 4.19. The molecule has 0 aromatic carbocycles. The van der Waals surface area contributed by atoms with Gasteiger partial charge >= 0.3 is 6.18 Å². The predicted octanol–water partition coefficient (Wildman–Crippen LogP) is 1.52. The van der Waals surface area contributed by atoms with Crippen LogP contribution in [0.4, 0.5) is 13.2 Å². The van der Waals surface area contributed by atoms with Crippen LogP contribution in [0.2, 0.25) is 0 Å². The zero-order valence-corrected chi connectivity index (χ0v) is 9.92. The average Bonchev–Trinajstić information content (AvgIpc) is 2.73.